The first-order valence-electron chi connectivity index (χ1n) is 11.4. The smallest absolute Gasteiger partial charge is 0.343 e. The Bertz CT molecular complexity index is 1830. The van der Waals surface area contributed by atoms with Gasteiger partial charge >= 0.3 is 5.63 Å². The lowest BCUT2D eigenvalue weighted by atomic mass is 10.2. The molecular weight excluding hydrogens is 448 g/mol. The molecule has 4 N–H and O–H groups in total. The zero-order valence-electron chi connectivity index (χ0n) is 19.4. The van der Waals surface area contributed by atoms with Gasteiger partial charge in [0.2, 0.25) is 0 Å². The van der Waals surface area contributed by atoms with Crippen molar-refractivity contribution in [1.29, 1.82) is 0 Å². The first-order chi connectivity index (χ1) is 17.6. The molecule has 0 amide bonds. The quantitative estimate of drug-likeness (QED) is 0.253. The summed E-state index contributed by atoms with van der Waals surface area (Å²) in [6, 6.07) is 35.1. The molecule has 0 atom stereocenters. The molecule has 0 spiro atoms. The molecule has 6 heteroatoms. The third kappa shape index (κ3) is 4.60. The summed E-state index contributed by atoms with van der Waals surface area (Å²) in [5.74, 6) is 0. The van der Waals surface area contributed by atoms with Crippen LogP contribution in [-0.2, 0) is 0 Å². The SMILES string of the molecule is Nc1ccccc1N.O=c1occc2ccccc12.c1ccc2c(c1)ccn1c3ccccc3nc21. The molecule has 7 rings (SSSR count). The van der Waals surface area contributed by atoms with Gasteiger partial charge in [-0.05, 0) is 53.2 Å². The van der Waals surface area contributed by atoms with Crippen molar-refractivity contribution in [2.45, 2.75) is 0 Å². The normalized spacial score (nSPS) is 10.6. The maximum absolute atomic E-state index is 11.0. The molecule has 4 aromatic carbocycles. The van der Waals surface area contributed by atoms with Gasteiger partial charge in [-0.15, -0.1) is 0 Å². The minimum absolute atomic E-state index is 0.275. The number of imidazole rings is 1. The molecule has 0 aliphatic rings. The van der Waals surface area contributed by atoms with Gasteiger partial charge < -0.3 is 15.9 Å². The first kappa shape index (κ1) is 22.7. The van der Waals surface area contributed by atoms with E-state index in [9.17, 15) is 4.79 Å². The van der Waals surface area contributed by atoms with Gasteiger partial charge in [-0.3, -0.25) is 4.40 Å². The van der Waals surface area contributed by atoms with Crippen LogP contribution in [0.4, 0.5) is 11.4 Å². The predicted molar refractivity (Wildman–Crippen MR) is 148 cm³/mol. The van der Waals surface area contributed by atoms with Crippen molar-refractivity contribution in [2.24, 2.45) is 0 Å². The summed E-state index contributed by atoms with van der Waals surface area (Å²) in [4.78, 5) is 15.7. The minimum atomic E-state index is -0.275. The fraction of sp³-hybridized carbons (Fsp3) is 0. The molecule has 6 nitrogen and oxygen atoms in total. The lowest BCUT2D eigenvalue weighted by Crippen LogP contribution is -1.96. The number of rotatable bonds is 0. The fourth-order valence-corrected chi connectivity index (χ4v) is 3.96. The Morgan fingerprint density at radius 1 is 0.639 bits per heavy atom. The zero-order chi connectivity index (χ0) is 24.9. The number of pyridine rings is 1. The van der Waals surface area contributed by atoms with Crippen LogP contribution < -0.4 is 17.1 Å². The Kier molecular flexibility index (Phi) is 6.32. The van der Waals surface area contributed by atoms with E-state index < -0.39 is 0 Å². The number of nitrogen functional groups attached to an aromatic ring is 2. The average Bonchev–Trinajstić information content (AvgIpc) is 3.31. The molecule has 0 unspecified atom stereocenters. The van der Waals surface area contributed by atoms with Gasteiger partial charge in [-0.25, -0.2) is 9.78 Å². The van der Waals surface area contributed by atoms with Crippen LogP contribution in [0.5, 0.6) is 0 Å². The Hall–Kier alpha value is -5.10. The number of hydrogen-bond donors (Lipinski definition) is 2. The van der Waals surface area contributed by atoms with Crippen molar-refractivity contribution in [2.75, 3.05) is 11.5 Å². The standard InChI is InChI=1S/C15H10N2.C9H6O2.C6H8N2/c1-2-6-12-11(5-1)9-10-17-14-8-4-3-7-13(14)16-15(12)17;10-9-8-4-2-1-3-7(8)5-6-11-9;7-5-3-1-2-4-6(5)8/h1-10H;1-6H;1-4H,7-8H2. The summed E-state index contributed by atoms with van der Waals surface area (Å²) >= 11 is 0. The number of aromatic nitrogens is 2. The van der Waals surface area contributed by atoms with E-state index >= 15 is 0 Å². The lowest BCUT2D eigenvalue weighted by Gasteiger charge is -2.00. The predicted octanol–water partition coefficient (Wildman–Crippen LogP) is 6.28. The van der Waals surface area contributed by atoms with E-state index in [0.29, 0.717) is 16.8 Å². The Morgan fingerprint density at radius 3 is 1.92 bits per heavy atom. The van der Waals surface area contributed by atoms with E-state index in [1.165, 1.54) is 17.0 Å². The largest absolute Gasteiger partial charge is 0.431 e. The number of fused-ring (bicyclic) bond motifs is 6. The van der Waals surface area contributed by atoms with Crippen molar-refractivity contribution in [1.82, 2.24) is 9.38 Å². The van der Waals surface area contributed by atoms with E-state index in [4.69, 9.17) is 16.5 Å². The van der Waals surface area contributed by atoms with Crippen LogP contribution in [0.15, 0.2) is 131 Å². The third-order valence-electron chi connectivity index (χ3n) is 5.80. The van der Waals surface area contributed by atoms with Crippen LogP contribution in [0.2, 0.25) is 0 Å². The van der Waals surface area contributed by atoms with Gasteiger partial charge in [0.1, 0.15) is 5.65 Å². The summed E-state index contributed by atoms with van der Waals surface area (Å²) in [5.41, 5.74) is 15.0. The monoisotopic (exact) mass is 472 g/mol. The van der Waals surface area contributed by atoms with Gasteiger partial charge in [0, 0.05) is 11.6 Å². The molecule has 3 aromatic heterocycles. The minimum Gasteiger partial charge on any atom is -0.431 e. The second kappa shape index (κ2) is 10.0. The Labute approximate surface area is 207 Å². The average molecular weight is 473 g/mol. The number of nitrogens with two attached hydrogens (primary N) is 2. The van der Waals surface area contributed by atoms with Crippen molar-refractivity contribution < 1.29 is 4.42 Å². The van der Waals surface area contributed by atoms with Gasteiger partial charge in [-0.2, -0.15) is 0 Å². The second-order valence-corrected chi connectivity index (χ2v) is 8.12. The van der Waals surface area contributed by atoms with Crippen LogP contribution in [0, 0.1) is 0 Å². The first-order valence-corrected chi connectivity index (χ1v) is 11.4. The summed E-state index contributed by atoms with van der Waals surface area (Å²) < 4.78 is 6.84. The highest BCUT2D eigenvalue weighted by Gasteiger charge is 2.06. The molecule has 0 fully saturated rings. The second-order valence-electron chi connectivity index (χ2n) is 8.12. The van der Waals surface area contributed by atoms with Crippen LogP contribution in [-0.4, -0.2) is 9.38 Å². The van der Waals surface area contributed by atoms with Crippen LogP contribution in [0.3, 0.4) is 0 Å². The zero-order valence-corrected chi connectivity index (χ0v) is 19.4. The number of anilines is 2. The highest BCUT2D eigenvalue weighted by Crippen LogP contribution is 2.23. The highest BCUT2D eigenvalue weighted by molar-refractivity contribution is 5.97. The maximum atomic E-state index is 11.0. The van der Waals surface area contributed by atoms with E-state index in [0.717, 1.165) is 22.1 Å². The molecular formula is C30H24N4O2. The Morgan fingerprint density at radius 2 is 1.22 bits per heavy atom. The summed E-state index contributed by atoms with van der Waals surface area (Å²) in [6.45, 7) is 0. The van der Waals surface area contributed by atoms with Crippen molar-refractivity contribution in [3.8, 4) is 0 Å². The van der Waals surface area contributed by atoms with E-state index in [1.54, 1.807) is 24.3 Å². The highest BCUT2D eigenvalue weighted by atomic mass is 16.4. The summed E-state index contributed by atoms with van der Waals surface area (Å²) in [7, 11) is 0. The molecule has 0 radical (unpaired) electrons. The molecule has 36 heavy (non-hydrogen) atoms. The van der Waals surface area contributed by atoms with E-state index in [1.807, 2.05) is 42.5 Å². The number of benzene rings is 4. The van der Waals surface area contributed by atoms with Crippen LogP contribution >= 0.6 is 0 Å². The van der Waals surface area contributed by atoms with Gasteiger partial charge in [0.15, 0.2) is 0 Å². The topological polar surface area (TPSA) is 99.5 Å². The van der Waals surface area contributed by atoms with Crippen molar-refractivity contribution >= 4 is 49.6 Å². The Balaban J connectivity index is 0.000000121. The molecule has 176 valence electrons. The fourth-order valence-electron chi connectivity index (χ4n) is 3.96. The summed E-state index contributed by atoms with van der Waals surface area (Å²) in [6.07, 6.45) is 3.50. The van der Waals surface area contributed by atoms with Gasteiger partial charge in [-0.1, -0.05) is 66.7 Å². The van der Waals surface area contributed by atoms with Crippen LogP contribution in [0.25, 0.3) is 38.2 Å². The molecule has 0 saturated heterocycles. The lowest BCUT2D eigenvalue weighted by molar-refractivity contribution is 0.519. The third-order valence-corrected chi connectivity index (χ3v) is 5.80. The molecule has 0 aliphatic heterocycles. The van der Waals surface area contributed by atoms with E-state index in [2.05, 4.69) is 57.5 Å². The van der Waals surface area contributed by atoms with Crippen molar-refractivity contribution in [3.63, 3.8) is 0 Å². The molecule has 7 aromatic rings. The van der Waals surface area contributed by atoms with Gasteiger partial charge in [0.05, 0.1) is 34.1 Å². The molecule has 0 saturated carbocycles. The van der Waals surface area contributed by atoms with Crippen LogP contribution in [0.1, 0.15) is 0 Å². The van der Waals surface area contributed by atoms with Gasteiger partial charge in [0.25, 0.3) is 0 Å². The molecule has 0 bridgehead atoms. The van der Waals surface area contributed by atoms with Crippen molar-refractivity contribution in [3.05, 3.63) is 132 Å². The number of hydrogen-bond acceptors (Lipinski definition) is 5. The van der Waals surface area contributed by atoms with E-state index in [-0.39, 0.29) is 5.63 Å². The number of nitrogens with zero attached hydrogens (tertiary/aromatic N) is 2. The molecule has 3 heterocycles. The number of para-hydroxylation sites is 4. The maximum Gasteiger partial charge on any atom is 0.343 e. The summed E-state index contributed by atoms with van der Waals surface area (Å²) in [5, 5.41) is 3.99. The molecule has 0 aliphatic carbocycles.